The number of aliphatic hydroxyl groups excluding tert-OH is 1. The summed E-state index contributed by atoms with van der Waals surface area (Å²) in [6, 6.07) is 18.5. The van der Waals surface area contributed by atoms with Crippen molar-refractivity contribution in [1.82, 2.24) is 4.98 Å². The van der Waals surface area contributed by atoms with E-state index >= 15 is 0 Å². The van der Waals surface area contributed by atoms with Gasteiger partial charge in [0.2, 0.25) is 10.0 Å². The van der Waals surface area contributed by atoms with Crippen LogP contribution in [0.5, 0.6) is 5.75 Å². The number of benzene rings is 2. The van der Waals surface area contributed by atoms with Gasteiger partial charge in [0.25, 0.3) is 0 Å². The van der Waals surface area contributed by atoms with Crippen LogP contribution in [0.4, 0.5) is 5.69 Å². The van der Waals surface area contributed by atoms with Crippen LogP contribution in [-0.2, 0) is 16.4 Å². The Labute approximate surface area is 170 Å². The third-order valence-corrected chi connectivity index (χ3v) is 5.55. The third-order valence-electron chi connectivity index (χ3n) is 4.96. The number of hydrogen-bond acceptors (Lipinski definition) is 5. The normalized spacial score (nSPS) is 18.6. The first kappa shape index (κ1) is 19.4. The van der Waals surface area contributed by atoms with Gasteiger partial charge in [-0.15, -0.1) is 0 Å². The lowest BCUT2D eigenvalue weighted by molar-refractivity contribution is 0.0503. The molecule has 2 heterocycles. The molecule has 0 bridgehead atoms. The van der Waals surface area contributed by atoms with Crippen LogP contribution in [0.3, 0.4) is 0 Å². The molecule has 29 heavy (non-hydrogen) atoms. The molecule has 0 aliphatic carbocycles. The van der Waals surface area contributed by atoms with Crippen LogP contribution in [-0.4, -0.2) is 31.4 Å². The molecular weight excluding hydrogens is 388 g/mol. The summed E-state index contributed by atoms with van der Waals surface area (Å²) < 4.78 is 31.8. The quantitative estimate of drug-likeness (QED) is 0.673. The number of nitrogens with one attached hydrogen (secondary N) is 1. The Morgan fingerprint density at radius 3 is 2.69 bits per heavy atom. The van der Waals surface area contributed by atoms with E-state index in [1.807, 2.05) is 48.5 Å². The largest absolute Gasteiger partial charge is 0.493 e. The maximum absolute atomic E-state index is 11.7. The van der Waals surface area contributed by atoms with Gasteiger partial charge in [-0.25, -0.2) is 8.42 Å². The van der Waals surface area contributed by atoms with E-state index in [9.17, 15) is 13.5 Å². The second kappa shape index (κ2) is 7.85. The monoisotopic (exact) mass is 410 g/mol. The molecule has 2 unspecified atom stereocenters. The molecule has 4 rings (SSSR count). The standard InChI is InChI=1S/C22H22N2O4S/c1-29(26,27)24-20-8-3-2-7-18(20)15-9-10-19-21(13-15)28-14-16(22(19)25)12-17-6-4-5-11-23-17/h2-11,13,16,22,24-25H,12,14H2,1H3. The van der Waals surface area contributed by atoms with E-state index in [1.54, 1.807) is 18.3 Å². The van der Waals surface area contributed by atoms with Crippen LogP contribution in [0.1, 0.15) is 17.4 Å². The van der Waals surface area contributed by atoms with Crippen LogP contribution in [0, 0.1) is 5.92 Å². The predicted molar refractivity (Wildman–Crippen MR) is 112 cm³/mol. The molecule has 0 saturated heterocycles. The van der Waals surface area contributed by atoms with Crippen molar-refractivity contribution in [2.75, 3.05) is 17.6 Å². The van der Waals surface area contributed by atoms with Crippen molar-refractivity contribution in [1.29, 1.82) is 0 Å². The highest BCUT2D eigenvalue weighted by Gasteiger charge is 2.30. The van der Waals surface area contributed by atoms with E-state index in [4.69, 9.17) is 4.74 Å². The summed E-state index contributed by atoms with van der Waals surface area (Å²) in [4.78, 5) is 4.33. The molecule has 0 spiro atoms. The number of hydrogen-bond donors (Lipinski definition) is 2. The number of pyridine rings is 1. The minimum Gasteiger partial charge on any atom is -0.493 e. The Hall–Kier alpha value is -2.90. The van der Waals surface area contributed by atoms with Crippen molar-refractivity contribution < 1.29 is 18.3 Å². The second-order valence-corrected chi connectivity index (χ2v) is 8.96. The van der Waals surface area contributed by atoms with Gasteiger partial charge < -0.3 is 9.84 Å². The van der Waals surface area contributed by atoms with Crippen LogP contribution in [0.25, 0.3) is 11.1 Å². The Morgan fingerprint density at radius 2 is 1.93 bits per heavy atom. The highest BCUT2D eigenvalue weighted by atomic mass is 32.2. The summed E-state index contributed by atoms with van der Waals surface area (Å²) >= 11 is 0. The molecule has 150 valence electrons. The molecule has 1 aliphatic rings. The summed E-state index contributed by atoms with van der Waals surface area (Å²) in [7, 11) is -3.40. The van der Waals surface area contributed by atoms with E-state index in [0.29, 0.717) is 24.5 Å². The van der Waals surface area contributed by atoms with Crippen LogP contribution in [0.15, 0.2) is 66.9 Å². The summed E-state index contributed by atoms with van der Waals surface area (Å²) in [5, 5.41) is 10.9. The highest BCUT2D eigenvalue weighted by molar-refractivity contribution is 7.92. The average molecular weight is 410 g/mol. The minimum atomic E-state index is -3.40. The minimum absolute atomic E-state index is 0.0811. The van der Waals surface area contributed by atoms with Crippen molar-refractivity contribution in [3.8, 4) is 16.9 Å². The lowest BCUT2D eigenvalue weighted by atomic mass is 9.88. The molecule has 0 saturated carbocycles. The molecule has 1 aromatic heterocycles. The summed E-state index contributed by atoms with van der Waals surface area (Å²) in [5.74, 6) is 0.531. The van der Waals surface area contributed by atoms with Crippen LogP contribution < -0.4 is 9.46 Å². The first-order valence-electron chi connectivity index (χ1n) is 9.32. The zero-order valence-corrected chi connectivity index (χ0v) is 16.8. The topological polar surface area (TPSA) is 88.5 Å². The molecular formula is C22H22N2O4S. The Balaban J connectivity index is 1.61. The molecule has 7 heteroatoms. The van der Waals surface area contributed by atoms with E-state index in [-0.39, 0.29) is 5.92 Å². The number of aliphatic hydroxyl groups is 1. The number of aromatic nitrogens is 1. The SMILES string of the molecule is CS(=O)(=O)Nc1ccccc1-c1ccc2c(c1)OCC(Cc1ccccn1)C2O. The van der Waals surface area contributed by atoms with E-state index in [0.717, 1.165) is 28.6 Å². The number of fused-ring (bicyclic) bond motifs is 1. The van der Waals surface area contributed by atoms with Gasteiger partial charge in [-0.2, -0.15) is 0 Å². The Morgan fingerprint density at radius 1 is 1.14 bits per heavy atom. The van der Waals surface area contributed by atoms with Crippen molar-refractivity contribution in [2.45, 2.75) is 12.5 Å². The maximum Gasteiger partial charge on any atom is 0.229 e. The first-order chi connectivity index (χ1) is 13.9. The Kier molecular flexibility index (Phi) is 5.25. The number of para-hydroxylation sites is 1. The molecule has 0 fully saturated rings. The number of nitrogens with zero attached hydrogens (tertiary/aromatic N) is 1. The molecule has 2 atom stereocenters. The van der Waals surface area contributed by atoms with Gasteiger partial charge in [-0.1, -0.05) is 36.4 Å². The van der Waals surface area contributed by atoms with Crippen molar-refractivity contribution in [3.05, 3.63) is 78.1 Å². The summed E-state index contributed by atoms with van der Waals surface area (Å²) in [6.45, 7) is 0.386. The van der Waals surface area contributed by atoms with Crippen LogP contribution in [0.2, 0.25) is 0 Å². The second-order valence-electron chi connectivity index (χ2n) is 7.21. The lowest BCUT2D eigenvalue weighted by Gasteiger charge is -2.30. The fourth-order valence-corrected chi connectivity index (χ4v) is 4.17. The Bertz CT molecular complexity index is 1120. The smallest absolute Gasteiger partial charge is 0.229 e. The fraction of sp³-hybridized carbons (Fsp3) is 0.227. The highest BCUT2D eigenvalue weighted by Crippen LogP contribution is 2.40. The van der Waals surface area contributed by atoms with Crippen LogP contribution >= 0.6 is 0 Å². The summed E-state index contributed by atoms with van der Waals surface area (Å²) in [6.07, 6.45) is 2.84. The van der Waals surface area contributed by atoms with Gasteiger partial charge in [-0.3, -0.25) is 9.71 Å². The number of ether oxygens (including phenoxy) is 1. The van der Waals surface area contributed by atoms with Crippen molar-refractivity contribution in [3.63, 3.8) is 0 Å². The van der Waals surface area contributed by atoms with Gasteiger partial charge in [0.15, 0.2) is 0 Å². The molecule has 1 aliphatic heterocycles. The zero-order valence-electron chi connectivity index (χ0n) is 15.9. The molecule has 6 nitrogen and oxygen atoms in total. The molecule has 3 aromatic rings. The van der Waals surface area contributed by atoms with Gasteiger partial charge >= 0.3 is 0 Å². The summed E-state index contributed by atoms with van der Waals surface area (Å²) in [5.41, 5.74) is 3.70. The third kappa shape index (κ3) is 4.41. The maximum atomic E-state index is 11.7. The van der Waals surface area contributed by atoms with Crippen molar-refractivity contribution in [2.24, 2.45) is 5.92 Å². The van der Waals surface area contributed by atoms with Gasteiger partial charge in [0.05, 0.1) is 24.7 Å². The zero-order chi connectivity index (χ0) is 20.4. The van der Waals surface area contributed by atoms with E-state index < -0.39 is 16.1 Å². The number of sulfonamides is 1. The van der Waals surface area contributed by atoms with E-state index in [1.165, 1.54) is 0 Å². The average Bonchev–Trinajstić information content (AvgIpc) is 2.70. The van der Waals surface area contributed by atoms with E-state index in [2.05, 4.69) is 9.71 Å². The number of rotatable bonds is 5. The molecule has 0 amide bonds. The predicted octanol–water partition coefficient (Wildman–Crippen LogP) is 3.40. The van der Waals surface area contributed by atoms with Gasteiger partial charge in [0.1, 0.15) is 5.75 Å². The van der Waals surface area contributed by atoms with Gasteiger partial charge in [-0.05, 0) is 36.2 Å². The number of anilines is 1. The molecule has 2 N–H and O–H groups in total. The lowest BCUT2D eigenvalue weighted by Crippen LogP contribution is -2.28. The van der Waals surface area contributed by atoms with Crippen molar-refractivity contribution >= 4 is 15.7 Å². The fourth-order valence-electron chi connectivity index (χ4n) is 3.59. The van der Waals surface area contributed by atoms with Gasteiger partial charge in [0, 0.05) is 28.9 Å². The first-order valence-corrected chi connectivity index (χ1v) is 11.2. The molecule has 2 aromatic carbocycles. The molecule has 0 radical (unpaired) electrons.